The van der Waals surface area contributed by atoms with Crippen LogP contribution in [0.4, 0.5) is 15.2 Å². The molecule has 1 unspecified atom stereocenters. The highest BCUT2D eigenvalue weighted by Crippen LogP contribution is 2.32. The van der Waals surface area contributed by atoms with Crippen LogP contribution >= 0.6 is 23.6 Å². The molecule has 2 N–H and O–H groups in total. The summed E-state index contributed by atoms with van der Waals surface area (Å²) >= 11 is 6.94. The second-order valence-electron chi connectivity index (χ2n) is 5.32. The summed E-state index contributed by atoms with van der Waals surface area (Å²) < 4.78 is 12.8. The summed E-state index contributed by atoms with van der Waals surface area (Å²) in [4.78, 5) is 5.96. The van der Waals surface area contributed by atoms with Crippen LogP contribution in [0.1, 0.15) is 23.9 Å². The number of fused-ring (bicyclic) bond motifs is 1. The number of rotatable bonds is 2. The number of thiocarbonyl (C=S) groups is 1. The number of hydrogen-bond donors (Lipinski definition) is 2. The van der Waals surface area contributed by atoms with E-state index in [9.17, 15) is 4.39 Å². The van der Waals surface area contributed by atoms with E-state index in [-0.39, 0.29) is 5.82 Å². The van der Waals surface area contributed by atoms with Crippen molar-refractivity contribution in [3.8, 4) is 0 Å². The molecule has 2 aromatic rings. The van der Waals surface area contributed by atoms with Crippen molar-refractivity contribution in [1.29, 1.82) is 0 Å². The van der Waals surface area contributed by atoms with Gasteiger partial charge in [0.05, 0.1) is 5.69 Å². The molecule has 0 bridgehead atoms. The van der Waals surface area contributed by atoms with Crippen molar-refractivity contribution in [3.05, 3.63) is 40.7 Å². The number of aromatic nitrogens is 1. The lowest BCUT2D eigenvalue weighted by molar-refractivity contribution is 0.502. The number of benzene rings is 1. The fourth-order valence-electron chi connectivity index (χ4n) is 2.39. The predicted octanol–water partition coefficient (Wildman–Crippen LogP) is 4.22. The van der Waals surface area contributed by atoms with Crippen LogP contribution in [0.2, 0.25) is 0 Å². The molecule has 1 aromatic carbocycles. The van der Waals surface area contributed by atoms with Gasteiger partial charge in [0.15, 0.2) is 10.2 Å². The summed E-state index contributed by atoms with van der Waals surface area (Å²) in [5.41, 5.74) is 1.95. The molecule has 1 aliphatic rings. The van der Waals surface area contributed by atoms with Gasteiger partial charge in [0, 0.05) is 10.6 Å². The Bertz CT molecular complexity index is 651. The van der Waals surface area contributed by atoms with E-state index < -0.39 is 0 Å². The quantitative estimate of drug-likeness (QED) is 0.812. The monoisotopic (exact) mass is 321 g/mol. The van der Waals surface area contributed by atoms with Gasteiger partial charge in [-0.15, -0.1) is 11.3 Å². The molecule has 0 saturated carbocycles. The van der Waals surface area contributed by atoms with Crippen molar-refractivity contribution in [2.75, 3.05) is 10.6 Å². The molecule has 0 amide bonds. The molecule has 21 heavy (non-hydrogen) atoms. The highest BCUT2D eigenvalue weighted by atomic mass is 32.1. The maximum Gasteiger partial charge on any atom is 0.189 e. The van der Waals surface area contributed by atoms with E-state index in [2.05, 4.69) is 22.5 Å². The fraction of sp³-hybridized carbons (Fsp3) is 0.333. The normalized spacial score (nSPS) is 17.1. The fourth-order valence-corrected chi connectivity index (χ4v) is 3.84. The number of nitrogens with one attached hydrogen (secondary N) is 2. The molecule has 1 aromatic heterocycles. The predicted molar refractivity (Wildman–Crippen MR) is 89.5 cm³/mol. The van der Waals surface area contributed by atoms with E-state index in [1.807, 2.05) is 0 Å². The SMILES string of the molecule is CC1CCc2nc(NC(=S)Nc3ccc(F)cc3)sc2C1. The van der Waals surface area contributed by atoms with Crippen LogP contribution in [0, 0.1) is 11.7 Å². The first-order valence-corrected chi connectivity index (χ1v) is 8.15. The van der Waals surface area contributed by atoms with Crippen molar-refractivity contribution in [3.63, 3.8) is 0 Å². The van der Waals surface area contributed by atoms with Crippen molar-refractivity contribution < 1.29 is 4.39 Å². The van der Waals surface area contributed by atoms with Crippen LogP contribution in [-0.2, 0) is 12.8 Å². The van der Waals surface area contributed by atoms with Gasteiger partial charge in [0.25, 0.3) is 0 Å². The van der Waals surface area contributed by atoms with Crippen LogP contribution in [0.3, 0.4) is 0 Å². The Balaban J connectivity index is 1.64. The molecule has 3 rings (SSSR count). The van der Waals surface area contributed by atoms with Crippen LogP contribution < -0.4 is 10.6 Å². The van der Waals surface area contributed by atoms with E-state index in [1.54, 1.807) is 23.5 Å². The average Bonchev–Trinajstić information content (AvgIpc) is 2.82. The Morgan fingerprint density at radius 3 is 2.86 bits per heavy atom. The Morgan fingerprint density at radius 2 is 2.10 bits per heavy atom. The van der Waals surface area contributed by atoms with Crippen LogP contribution in [0.25, 0.3) is 0 Å². The number of aryl methyl sites for hydroxylation is 1. The summed E-state index contributed by atoms with van der Waals surface area (Å²) in [6.07, 6.45) is 3.36. The minimum Gasteiger partial charge on any atom is -0.332 e. The van der Waals surface area contributed by atoms with Gasteiger partial charge in [0.1, 0.15) is 5.82 Å². The molecule has 1 atom stereocenters. The zero-order valence-electron chi connectivity index (χ0n) is 11.6. The van der Waals surface area contributed by atoms with Gasteiger partial charge in [-0.3, -0.25) is 0 Å². The van der Waals surface area contributed by atoms with E-state index in [0.29, 0.717) is 5.11 Å². The zero-order valence-corrected chi connectivity index (χ0v) is 13.3. The number of hydrogen-bond acceptors (Lipinski definition) is 3. The van der Waals surface area contributed by atoms with Crippen molar-refractivity contribution in [1.82, 2.24) is 4.98 Å². The highest BCUT2D eigenvalue weighted by molar-refractivity contribution is 7.80. The highest BCUT2D eigenvalue weighted by Gasteiger charge is 2.19. The summed E-state index contributed by atoms with van der Waals surface area (Å²) in [5, 5.41) is 7.44. The standard InChI is InChI=1S/C15H16FN3S2/c1-9-2-7-12-13(8-9)21-15(18-12)19-14(20)17-11-5-3-10(16)4-6-11/h3-6,9H,2,7-8H2,1H3,(H2,17,18,19,20). The van der Waals surface area contributed by atoms with Gasteiger partial charge in [-0.2, -0.15) is 0 Å². The molecule has 1 aliphatic carbocycles. The Hall–Kier alpha value is -1.53. The van der Waals surface area contributed by atoms with E-state index in [4.69, 9.17) is 12.2 Å². The molecule has 110 valence electrons. The Morgan fingerprint density at radius 1 is 1.33 bits per heavy atom. The lowest BCUT2D eigenvalue weighted by atomic mass is 9.93. The lowest BCUT2D eigenvalue weighted by Gasteiger charge is -2.15. The zero-order chi connectivity index (χ0) is 14.8. The Kier molecular flexibility index (Phi) is 4.17. The van der Waals surface area contributed by atoms with Gasteiger partial charge < -0.3 is 10.6 Å². The third-order valence-corrected chi connectivity index (χ3v) is 4.75. The first kappa shape index (κ1) is 14.4. The molecule has 0 saturated heterocycles. The second-order valence-corrected chi connectivity index (χ2v) is 6.81. The number of anilines is 2. The van der Waals surface area contributed by atoms with Gasteiger partial charge in [-0.25, -0.2) is 9.37 Å². The molecule has 3 nitrogen and oxygen atoms in total. The second kappa shape index (κ2) is 6.07. The smallest absolute Gasteiger partial charge is 0.189 e. The molecule has 0 aliphatic heterocycles. The number of nitrogens with zero attached hydrogens (tertiary/aromatic N) is 1. The first-order valence-electron chi connectivity index (χ1n) is 6.92. The van der Waals surface area contributed by atoms with Gasteiger partial charge >= 0.3 is 0 Å². The Labute approximate surface area is 132 Å². The van der Waals surface area contributed by atoms with Crippen LogP contribution in [0.5, 0.6) is 0 Å². The topological polar surface area (TPSA) is 37.0 Å². The van der Waals surface area contributed by atoms with E-state index in [0.717, 1.165) is 29.6 Å². The molecule has 1 heterocycles. The van der Waals surface area contributed by atoms with Crippen LogP contribution in [0.15, 0.2) is 24.3 Å². The summed E-state index contributed by atoms with van der Waals surface area (Å²) in [6.45, 7) is 2.27. The minimum absolute atomic E-state index is 0.263. The van der Waals surface area contributed by atoms with Crippen molar-refractivity contribution in [2.24, 2.45) is 5.92 Å². The summed E-state index contributed by atoms with van der Waals surface area (Å²) in [5.74, 6) is 0.469. The molecule has 6 heteroatoms. The largest absolute Gasteiger partial charge is 0.332 e. The number of halogens is 1. The van der Waals surface area contributed by atoms with Gasteiger partial charge in [-0.05, 0) is 61.7 Å². The maximum absolute atomic E-state index is 12.8. The molecular weight excluding hydrogens is 305 g/mol. The first-order chi connectivity index (χ1) is 10.1. The van der Waals surface area contributed by atoms with Gasteiger partial charge in [0.2, 0.25) is 0 Å². The molecule has 0 radical (unpaired) electrons. The van der Waals surface area contributed by atoms with E-state index >= 15 is 0 Å². The minimum atomic E-state index is -0.263. The summed E-state index contributed by atoms with van der Waals surface area (Å²) in [7, 11) is 0. The average molecular weight is 321 g/mol. The van der Waals surface area contributed by atoms with Crippen molar-refractivity contribution in [2.45, 2.75) is 26.2 Å². The van der Waals surface area contributed by atoms with Crippen molar-refractivity contribution >= 4 is 39.5 Å². The molecule has 0 spiro atoms. The number of thiazole rings is 1. The third kappa shape index (κ3) is 3.57. The van der Waals surface area contributed by atoms with Crippen LogP contribution in [-0.4, -0.2) is 10.1 Å². The maximum atomic E-state index is 12.8. The lowest BCUT2D eigenvalue weighted by Crippen LogP contribution is -2.18. The molecular formula is C15H16FN3S2. The third-order valence-electron chi connectivity index (χ3n) is 3.51. The summed E-state index contributed by atoms with van der Waals surface area (Å²) in [6, 6.07) is 6.10. The van der Waals surface area contributed by atoms with Gasteiger partial charge in [-0.1, -0.05) is 6.92 Å². The molecule has 0 fully saturated rings. The van der Waals surface area contributed by atoms with E-state index in [1.165, 1.54) is 29.1 Å².